The first-order valence-electron chi connectivity index (χ1n) is 3.83. The van der Waals surface area contributed by atoms with Crippen molar-refractivity contribution in [1.82, 2.24) is 5.48 Å². The topological polar surface area (TPSA) is 32.3 Å². The Balaban J connectivity index is 3.15. The maximum absolute atomic E-state index is 8.89. The SMILES string of the molecule is CC(C)(NO)c1cc(Cl)cc(Cl)c1. The van der Waals surface area contributed by atoms with Gasteiger partial charge < -0.3 is 5.21 Å². The van der Waals surface area contributed by atoms with Crippen LogP contribution in [0.5, 0.6) is 0 Å². The van der Waals surface area contributed by atoms with Gasteiger partial charge in [-0.3, -0.25) is 0 Å². The van der Waals surface area contributed by atoms with Crippen molar-refractivity contribution in [2.75, 3.05) is 0 Å². The second-order valence-corrected chi connectivity index (χ2v) is 4.27. The Hall–Kier alpha value is -0.280. The van der Waals surface area contributed by atoms with Gasteiger partial charge in [-0.1, -0.05) is 23.2 Å². The number of rotatable bonds is 2. The van der Waals surface area contributed by atoms with Crippen molar-refractivity contribution in [2.45, 2.75) is 19.4 Å². The van der Waals surface area contributed by atoms with Crippen molar-refractivity contribution >= 4 is 23.2 Å². The van der Waals surface area contributed by atoms with Gasteiger partial charge in [-0.15, -0.1) is 0 Å². The van der Waals surface area contributed by atoms with Gasteiger partial charge in [0.05, 0.1) is 5.54 Å². The molecule has 2 nitrogen and oxygen atoms in total. The second-order valence-electron chi connectivity index (χ2n) is 3.39. The van der Waals surface area contributed by atoms with Crippen molar-refractivity contribution in [3.63, 3.8) is 0 Å². The van der Waals surface area contributed by atoms with E-state index < -0.39 is 5.54 Å². The average molecular weight is 220 g/mol. The summed E-state index contributed by atoms with van der Waals surface area (Å²) in [6, 6.07) is 5.17. The van der Waals surface area contributed by atoms with E-state index in [2.05, 4.69) is 5.48 Å². The minimum Gasteiger partial charge on any atom is -0.316 e. The lowest BCUT2D eigenvalue weighted by Crippen LogP contribution is -2.33. The Labute approximate surface area is 87.4 Å². The van der Waals surface area contributed by atoms with Crippen molar-refractivity contribution in [1.29, 1.82) is 0 Å². The van der Waals surface area contributed by atoms with Crippen molar-refractivity contribution in [3.05, 3.63) is 33.8 Å². The quantitative estimate of drug-likeness (QED) is 0.750. The Morgan fingerprint density at radius 3 is 2.00 bits per heavy atom. The molecule has 72 valence electrons. The molecule has 0 aliphatic heterocycles. The third-order valence-corrected chi connectivity index (χ3v) is 2.30. The summed E-state index contributed by atoms with van der Waals surface area (Å²) in [6.45, 7) is 3.66. The van der Waals surface area contributed by atoms with Crippen LogP contribution >= 0.6 is 23.2 Å². The standard InChI is InChI=1S/C9H11Cl2NO/c1-9(2,12-13)6-3-7(10)5-8(11)4-6/h3-5,12-13H,1-2H3. The average Bonchev–Trinajstić information content (AvgIpc) is 2.02. The molecule has 0 saturated heterocycles. The van der Waals surface area contributed by atoms with E-state index in [-0.39, 0.29) is 0 Å². The largest absolute Gasteiger partial charge is 0.316 e. The van der Waals surface area contributed by atoms with Gasteiger partial charge >= 0.3 is 0 Å². The van der Waals surface area contributed by atoms with Crippen LogP contribution in [0.2, 0.25) is 10.0 Å². The van der Waals surface area contributed by atoms with Gasteiger partial charge in [-0.25, -0.2) is 0 Å². The first-order valence-corrected chi connectivity index (χ1v) is 4.59. The maximum atomic E-state index is 8.89. The molecule has 0 aromatic heterocycles. The normalized spacial score (nSPS) is 11.8. The summed E-state index contributed by atoms with van der Waals surface area (Å²) in [5, 5.41) is 10.0. The van der Waals surface area contributed by atoms with Gasteiger partial charge in [-0.05, 0) is 37.6 Å². The van der Waals surface area contributed by atoms with Gasteiger partial charge in [0.2, 0.25) is 0 Å². The number of hydrogen-bond acceptors (Lipinski definition) is 2. The van der Waals surface area contributed by atoms with Gasteiger partial charge in [0.25, 0.3) is 0 Å². The fourth-order valence-electron chi connectivity index (χ4n) is 0.979. The van der Waals surface area contributed by atoms with Gasteiger partial charge in [0, 0.05) is 10.0 Å². The molecule has 0 spiro atoms. The van der Waals surface area contributed by atoms with Crippen LogP contribution in [0.15, 0.2) is 18.2 Å². The van der Waals surface area contributed by atoms with Gasteiger partial charge in [-0.2, -0.15) is 5.48 Å². The highest BCUT2D eigenvalue weighted by atomic mass is 35.5. The van der Waals surface area contributed by atoms with Crippen LogP contribution < -0.4 is 5.48 Å². The van der Waals surface area contributed by atoms with E-state index in [9.17, 15) is 0 Å². The summed E-state index contributed by atoms with van der Waals surface area (Å²) in [7, 11) is 0. The molecule has 0 fully saturated rings. The Bertz CT molecular complexity index is 292. The number of hydrogen-bond donors (Lipinski definition) is 2. The molecule has 0 amide bonds. The molecule has 1 aromatic carbocycles. The van der Waals surface area contributed by atoms with Crippen molar-refractivity contribution in [3.8, 4) is 0 Å². The number of hydroxylamine groups is 1. The summed E-state index contributed by atoms with van der Waals surface area (Å²) >= 11 is 11.6. The molecule has 4 heteroatoms. The summed E-state index contributed by atoms with van der Waals surface area (Å²) < 4.78 is 0. The molecule has 13 heavy (non-hydrogen) atoms. The number of halogens is 2. The second kappa shape index (κ2) is 3.84. The van der Waals surface area contributed by atoms with Crippen LogP contribution in [0.3, 0.4) is 0 Å². The Morgan fingerprint density at radius 2 is 1.62 bits per heavy atom. The monoisotopic (exact) mass is 219 g/mol. The van der Waals surface area contributed by atoms with Crippen LogP contribution in [-0.2, 0) is 5.54 Å². The number of nitrogens with one attached hydrogen (secondary N) is 1. The predicted octanol–water partition coefficient (Wildman–Crippen LogP) is 3.21. The lowest BCUT2D eigenvalue weighted by atomic mass is 9.96. The van der Waals surface area contributed by atoms with Crippen LogP contribution in [-0.4, -0.2) is 5.21 Å². The van der Waals surface area contributed by atoms with E-state index in [0.29, 0.717) is 10.0 Å². The summed E-state index contributed by atoms with van der Waals surface area (Å²) in [4.78, 5) is 0. The summed E-state index contributed by atoms with van der Waals surface area (Å²) in [6.07, 6.45) is 0. The van der Waals surface area contributed by atoms with E-state index in [1.54, 1.807) is 18.2 Å². The third-order valence-electron chi connectivity index (χ3n) is 1.86. The molecule has 0 aliphatic carbocycles. The molecule has 2 N–H and O–H groups in total. The highest BCUT2D eigenvalue weighted by molar-refractivity contribution is 6.34. The zero-order chi connectivity index (χ0) is 10.1. The Morgan fingerprint density at radius 1 is 1.15 bits per heavy atom. The molecule has 1 rings (SSSR count). The lowest BCUT2D eigenvalue weighted by Gasteiger charge is -2.23. The first-order chi connectivity index (χ1) is 5.95. The molecule has 0 radical (unpaired) electrons. The van der Waals surface area contributed by atoms with E-state index in [1.165, 1.54) is 0 Å². The molecule has 0 aliphatic rings. The zero-order valence-corrected chi connectivity index (χ0v) is 8.95. The third kappa shape index (κ3) is 2.58. The highest BCUT2D eigenvalue weighted by Gasteiger charge is 2.19. The van der Waals surface area contributed by atoms with E-state index in [4.69, 9.17) is 28.4 Å². The van der Waals surface area contributed by atoms with Gasteiger partial charge in [0.15, 0.2) is 0 Å². The van der Waals surface area contributed by atoms with Crippen LogP contribution in [0.4, 0.5) is 0 Å². The highest BCUT2D eigenvalue weighted by Crippen LogP contribution is 2.26. The molecule has 0 unspecified atom stereocenters. The minimum absolute atomic E-state index is 0.547. The smallest absolute Gasteiger partial charge is 0.0623 e. The molecule has 1 aromatic rings. The molecular formula is C9H11Cl2NO. The van der Waals surface area contributed by atoms with Crippen molar-refractivity contribution in [2.24, 2.45) is 0 Å². The molecule has 0 saturated carbocycles. The molecule has 0 heterocycles. The molecule has 0 bridgehead atoms. The van der Waals surface area contributed by atoms with Crippen molar-refractivity contribution < 1.29 is 5.21 Å². The fourth-order valence-corrected chi connectivity index (χ4v) is 1.51. The maximum Gasteiger partial charge on any atom is 0.0623 e. The first kappa shape index (κ1) is 10.8. The number of benzene rings is 1. The minimum atomic E-state index is -0.547. The van der Waals surface area contributed by atoms with Crippen LogP contribution in [0.25, 0.3) is 0 Å². The molecule has 0 atom stereocenters. The molecular weight excluding hydrogens is 209 g/mol. The van der Waals surface area contributed by atoms with E-state index in [0.717, 1.165) is 5.56 Å². The van der Waals surface area contributed by atoms with E-state index in [1.807, 2.05) is 13.8 Å². The Kier molecular flexibility index (Phi) is 3.19. The predicted molar refractivity (Wildman–Crippen MR) is 54.4 cm³/mol. The zero-order valence-electron chi connectivity index (χ0n) is 7.44. The van der Waals surface area contributed by atoms with Crippen LogP contribution in [0, 0.1) is 0 Å². The van der Waals surface area contributed by atoms with E-state index >= 15 is 0 Å². The van der Waals surface area contributed by atoms with Crippen LogP contribution in [0.1, 0.15) is 19.4 Å². The van der Waals surface area contributed by atoms with Gasteiger partial charge in [0.1, 0.15) is 0 Å². The lowest BCUT2D eigenvalue weighted by molar-refractivity contribution is 0.0806. The summed E-state index contributed by atoms with van der Waals surface area (Å²) in [5.74, 6) is 0. The fraction of sp³-hybridized carbons (Fsp3) is 0.333. The summed E-state index contributed by atoms with van der Waals surface area (Å²) in [5.41, 5.74) is 2.49.